The van der Waals surface area contributed by atoms with E-state index < -0.39 is 6.04 Å². The van der Waals surface area contributed by atoms with Gasteiger partial charge in [-0.25, -0.2) is 9.67 Å². The Bertz CT molecular complexity index is 1990. The summed E-state index contributed by atoms with van der Waals surface area (Å²) in [5, 5.41) is 8.27. The number of carbonyl (C=O) groups is 1. The Labute approximate surface area is 245 Å². The number of rotatable bonds is 5. The van der Waals surface area contributed by atoms with Gasteiger partial charge in [0.1, 0.15) is 0 Å². The third kappa shape index (κ3) is 4.96. The van der Waals surface area contributed by atoms with Crippen molar-refractivity contribution in [3.8, 4) is 5.69 Å². The van der Waals surface area contributed by atoms with Gasteiger partial charge in [0.2, 0.25) is 0 Å². The van der Waals surface area contributed by atoms with Gasteiger partial charge in [-0.3, -0.25) is 14.2 Å². The number of benzene rings is 3. The average Bonchev–Trinajstić information content (AvgIpc) is 3.43. The maximum Gasteiger partial charge on any atom is 0.271 e. The number of halogens is 1. The highest BCUT2D eigenvalue weighted by Gasteiger charge is 2.32. The lowest BCUT2D eigenvalue weighted by molar-refractivity contribution is -0.113. The predicted molar refractivity (Wildman–Crippen MR) is 163 cm³/mol. The molecule has 0 bridgehead atoms. The van der Waals surface area contributed by atoms with Crippen molar-refractivity contribution in [3.63, 3.8) is 0 Å². The molecule has 3 aromatic carbocycles. The molecule has 7 nitrogen and oxygen atoms in total. The van der Waals surface area contributed by atoms with Crippen molar-refractivity contribution < 1.29 is 4.79 Å². The van der Waals surface area contributed by atoms with Crippen molar-refractivity contribution in [1.29, 1.82) is 0 Å². The lowest BCUT2D eigenvalue weighted by Crippen LogP contribution is -2.40. The van der Waals surface area contributed by atoms with E-state index in [1.54, 1.807) is 23.6 Å². The minimum absolute atomic E-state index is 0.225. The fourth-order valence-corrected chi connectivity index (χ4v) is 6.26. The molecule has 0 aliphatic carbocycles. The first kappa shape index (κ1) is 26.7. The van der Waals surface area contributed by atoms with Gasteiger partial charge < -0.3 is 5.32 Å². The quantitative estimate of drug-likeness (QED) is 0.306. The molecular formula is C32H26ClN5O2S. The van der Waals surface area contributed by atoms with E-state index in [0.717, 1.165) is 28.2 Å². The number of nitrogens with zero attached hydrogens (tertiary/aromatic N) is 4. The number of hydrogen-bond donors (Lipinski definition) is 1. The predicted octanol–water partition coefficient (Wildman–Crippen LogP) is 5.33. The summed E-state index contributed by atoms with van der Waals surface area (Å²) < 4.78 is 4.00. The molecule has 6 rings (SSSR count). The van der Waals surface area contributed by atoms with Crippen LogP contribution in [0.5, 0.6) is 0 Å². The fourth-order valence-electron chi connectivity index (χ4n) is 5.11. The van der Waals surface area contributed by atoms with Crippen molar-refractivity contribution >= 4 is 40.6 Å². The molecule has 3 heterocycles. The normalized spacial score (nSPS) is 15.0. The molecule has 2 aromatic heterocycles. The first-order valence-corrected chi connectivity index (χ1v) is 14.3. The highest BCUT2D eigenvalue weighted by molar-refractivity contribution is 7.07. The zero-order valence-electron chi connectivity index (χ0n) is 22.6. The van der Waals surface area contributed by atoms with E-state index in [9.17, 15) is 9.59 Å². The number of fused-ring (bicyclic) bond motifs is 1. The van der Waals surface area contributed by atoms with Crippen LogP contribution < -0.4 is 20.2 Å². The molecule has 9 heteroatoms. The third-order valence-corrected chi connectivity index (χ3v) is 8.34. The van der Waals surface area contributed by atoms with E-state index in [-0.39, 0.29) is 11.5 Å². The molecule has 1 atom stereocenters. The van der Waals surface area contributed by atoms with Gasteiger partial charge in [-0.1, -0.05) is 71.5 Å². The van der Waals surface area contributed by atoms with Crippen molar-refractivity contribution in [2.24, 2.45) is 4.99 Å². The van der Waals surface area contributed by atoms with Gasteiger partial charge in [0.25, 0.3) is 11.5 Å². The van der Waals surface area contributed by atoms with E-state index in [2.05, 4.69) is 5.32 Å². The number of thiazole rings is 1. The molecule has 1 N–H and O–H groups in total. The first-order chi connectivity index (χ1) is 19.8. The van der Waals surface area contributed by atoms with Crippen molar-refractivity contribution in [1.82, 2.24) is 14.3 Å². The molecule has 0 fully saturated rings. The Hall–Kier alpha value is -4.53. The Balaban J connectivity index is 1.50. The van der Waals surface area contributed by atoms with Crippen LogP contribution in [0, 0.1) is 13.8 Å². The summed E-state index contributed by atoms with van der Waals surface area (Å²) in [6, 6.07) is 25.7. The Kier molecular flexibility index (Phi) is 7.03. The van der Waals surface area contributed by atoms with E-state index in [4.69, 9.17) is 21.7 Å². The van der Waals surface area contributed by atoms with Crippen molar-refractivity contribution in [2.45, 2.75) is 26.8 Å². The van der Waals surface area contributed by atoms with Crippen LogP contribution >= 0.6 is 22.9 Å². The van der Waals surface area contributed by atoms with Gasteiger partial charge >= 0.3 is 0 Å². The minimum atomic E-state index is -0.677. The molecule has 0 saturated carbocycles. The molecule has 1 aliphatic rings. The third-order valence-electron chi connectivity index (χ3n) is 7.11. The smallest absolute Gasteiger partial charge is 0.271 e. The second-order valence-corrected chi connectivity index (χ2v) is 11.2. The van der Waals surface area contributed by atoms with Crippen LogP contribution in [0.2, 0.25) is 5.02 Å². The number of nitrogens with one attached hydrogen (secondary N) is 1. The zero-order chi connectivity index (χ0) is 28.7. The number of para-hydroxylation sites is 2. The summed E-state index contributed by atoms with van der Waals surface area (Å²) >= 11 is 7.50. The first-order valence-electron chi connectivity index (χ1n) is 13.1. The second kappa shape index (κ2) is 10.8. The molecule has 41 heavy (non-hydrogen) atoms. The Morgan fingerprint density at radius 1 is 0.951 bits per heavy atom. The molecule has 0 saturated heterocycles. The van der Waals surface area contributed by atoms with E-state index in [1.807, 2.05) is 97.4 Å². The van der Waals surface area contributed by atoms with Crippen LogP contribution in [0.15, 0.2) is 106 Å². The van der Waals surface area contributed by atoms with Gasteiger partial charge in [-0.2, -0.15) is 5.10 Å². The molecule has 5 aromatic rings. The topological polar surface area (TPSA) is 81.3 Å². The lowest BCUT2D eigenvalue weighted by atomic mass is 9.95. The largest absolute Gasteiger partial charge is 0.322 e. The van der Waals surface area contributed by atoms with Crippen LogP contribution in [-0.2, 0) is 4.79 Å². The summed E-state index contributed by atoms with van der Waals surface area (Å²) in [4.78, 5) is 33.0. The maximum absolute atomic E-state index is 14.1. The van der Waals surface area contributed by atoms with E-state index in [1.165, 1.54) is 11.3 Å². The highest BCUT2D eigenvalue weighted by atomic mass is 35.5. The SMILES string of the molecule is CC1=C(C(=O)Nc2ccccc2)C(c2ccc(Cl)cc2)n2c(s/c(=C/c3c(C)nn(-c4ccccc4)c3C)c2=O)=N1. The lowest BCUT2D eigenvalue weighted by Gasteiger charge is -2.25. The Morgan fingerprint density at radius 3 is 2.29 bits per heavy atom. The fraction of sp³-hybridized carbons (Fsp3) is 0.125. The van der Waals surface area contributed by atoms with Crippen LogP contribution in [0.1, 0.15) is 35.5 Å². The number of carbonyl (C=O) groups excluding carboxylic acids is 1. The molecule has 204 valence electrons. The van der Waals surface area contributed by atoms with E-state index in [0.29, 0.717) is 31.3 Å². The maximum atomic E-state index is 14.1. The number of hydrogen-bond acceptors (Lipinski definition) is 5. The van der Waals surface area contributed by atoms with E-state index >= 15 is 0 Å². The van der Waals surface area contributed by atoms with Crippen LogP contribution in [0.3, 0.4) is 0 Å². The van der Waals surface area contributed by atoms with Crippen LogP contribution in [0.4, 0.5) is 5.69 Å². The van der Waals surface area contributed by atoms with Gasteiger partial charge in [-0.15, -0.1) is 0 Å². The highest BCUT2D eigenvalue weighted by Crippen LogP contribution is 2.31. The number of aromatic nitrogens is 3. The van der Waals surface area contributed by atoms with Gasteiger partial charge in [0.15, 0.2) is 4.80 Å². The zero-order valence-corrected chi connectivity index (χ0v) is 24.2. The van der Waals surface area contributed by atoms with Crippen LogP contribution in [0.25, 0.3) is 11.8 Å². The summed E-state index contributed by atoms with van der Waals surface area (Å²) in [6.07, 6.45) is 1.88. The van der Waals surface area contributed by atoms with Crippen molar-refractivity contribution in [3.05, 3.63) is 143 Å². The summed E-state index contributed by atoms with van der Waals surface area (Å²) in [7, 11) is 0. The monoisotopic (exact) mass is 579 g/mol. The number of amides is 1. The summed E-state index contributed by atoms with van der Waals surface area (Å²) in [5.74, 6) is -0.317. The van der Waals surface area contributed by atoms with Crippen LogP contribution in [-0.4, -0.2) is 20.3 Å². The molecule has 1 aliphatic heterocycles. The molecule has 1 unspecified atom stereocenters. The second-order valence-electron chi connectivity index (χ2n) is 9.79. The number of aryl methyl sites for hydroxylation is 1. The molecular weight excluding hydrogens is 554 g/mol. The van der Waals surface area contributed by atoms with Gasteiger partial charge in [-0.05, 0) is 68.8 Å². The summed E-state index contributed by atoms with van der Waals surface area (Å²) in [6.45, 7) is 5.72. The average molecular weight is 580 g/mol. The van der Waals surface area contributed by atoms with Gasteiger partial charge in [0.05, 0.1) is 33.2 Å². The summed E-state index contributed by atoms with van der Waals surface area (Å²) in [5.41, 5.74) is 5.71. The van der Waals surface area contributed by atoms with Gasteiger partial charge in [0, 0.05) is 22.0 Å². The molecule has 0 radical (unpaired) electrons. The number of anilines is 1. The molecule has 0 spiro atoms. The standard InChI is InChI=1S/C32H26ClN5O2S/c1-19-26(21(3)38(36-19)25-12-8-5-9-13-25)18-27-31(40)37-29(22-14-16-23(33)17-15-22)28(20(2)34-32(37)41-27)30(39)35-24-10-6-4-7-11-24/h4-18,29H,1-3H3,(H,35,39)/b27-18+. The number of allylic oxidation sites excluding steroid dienone is 1. The Morgan fingerprint density at radius 2 is 1.61 bits per heavy atom. The van der Waals surface area contributed by atoms with Crippen molar-refractivity contribution in [2.75, 3.05) is 5.32 Å². The molecule has 1 amide bonds. The minimum Gasteiger partial charge on any atom is -0.322 e.